The molecule has 0 aliphatic carbocycles. The average molecular weight is 801 g/mol. The Morgan fingerprint density at radius 2 is 0.783 bits per heavy atom. The molecule has 0 amide bonds. The Balaban J connectivity index is 1.48. The van der Waals surface area contributed by atoms with Gasteiger partial charge >= 0.3 is 11.9 Å². The molecule has 4 nitrogen and oxygen atoms in total. The summed E-state index contributed by atoms with van der Waals surface area (Å²) in [4.78, 5) is 26.0. The van der Waals surface area contributed by atoms with Crippen LogP contribution in [0.5, 0.6) is 11.5 Å². The number of carbonyl (C=O) groups is 2. The first kappa shape index (κ1) is 39.5. The fourth-order valence-corrected chi connectivity index (χ4v) is 9.23. The first-order chi connectivity index (χ1) is 22.4. The lowest BCUT2D eigenvalue weighted by atomic mass is 10.1. The Hall–Kier alpha value is -0.960. The number of unbranched alkanes of at least 4 members (excludes halogenated alkanes) is 20. The van der Waals surface area contributed by atoms with E-state index in [0.717, 1.165) is 53.4 Å². The zero-order chi connectivity index (χ0) is 33.0. The Labute approximate surface area is 303 Å². The SMILES string of the molecule is CCCCCCCCCCCCCC(=O)Oc1c2cc(Br)sc2c(OC(=O)CCCCCCCCCCCCC)c2cc(Br)sc12. The molecule has 2 heterocycles. The minimum atomic E-state index is -0.202. The zero-order valence-corrected chi connectivity index (χ0v) is 33.1. The van der Waals surface area contributed by atoms with Crippen LogP contribution < -0.4 is 9.47 Å². The molecule has 2 aromatic heterocycles. The Bertz CT molecular complexity index is 1160. The quantitative estimate of drug-likeness (QED) is 0.0461. The van der Waals surface area contributed by atoms with E-state index < -0.39 is 0 Å². The van der Waals surface area contributed by atoms with Gasteiger partial charge in [0.25, 0.3) is 0 Å². The lowest BCUT2D eigenvalue weighted by Gasteiger charge is -2.12. The molecule has 0 fully saturated rings. The van der Waals surface area contributed by atoms with E-state index in [-0.39, 0.29) is 11.9 Å². The van der Waals surface area contributed by atoms with Gasteiger partial charge in [-0.3, -0.25) is 9.59 Å². The van der Waals surface area contributed by atoms with Crippen molar-refractivity contribution in [3.05, 3.63) is 19.7 Å². The molecular formula is C38H56Br2O4S2. The van der Waals surface area contributed by atoms with E-state index in [9.17, 15) is 9.59 Å². The van der Waals surface area contributed by atoms with Crippen molar-refractivity contribution in [2.75, 3.05) is 0 Å². The summed E-state index contributed by atoms with van der Waals surface area (Å²) in [6, 6.07) is 3.94. The molecule has 0 bridgehead atoms. The van der Waals surface area contributed by atoms with E-state index in [1.807, 2.05) is 12.1 Å². The number of carbonyl (C=O) groups excluding carboxylic acids is 2. The summed E-state index contributed by atoms with van der Waals surface area (Å²) in [5.41, 5.74) is 0. The second kappa shape index (κ2) is 23.4. The summed E-state index contributed by atoms with van der Waals surface area (Å²) < 4.78 is 15.6. The van der Waals surface area contributed by atoms with Gasteiger partial charge in [-0.2, -0.15) is 0 Å². The number of benzene rings is 1. The molecule has 0 saturated heterocycles. The van der Waals surface area contributed by atoms with Crippen LogP contribution in [0, 0.1) is 0 Å². The van der Waals surface area contributed by atoms with Crippen LogP contribution in [0.15, 0.2) is 19.7 Å². The highest BCUT2D eigenvalue weighted by atomic mass is 79.9. The van der Waals surface area contributed by atoms with E-state index >= 15 is 0 Å². The molecule has 0 N–H and O–H groups in total. The lowest BCUT2D eigenvalue weighted by Crippen LogP contribution is -2.09. The summed E-state index contributed by atoms with van der Waals surface area (Å²) in [6.07, 6.45) is 28.2. The summed E-state index contributed by atoms with van der Waals surface area (Å²) in [5.74, 6) is 0.736. The van der Waals surface area contributed by atoms with E-state index in [4.69, 9.17) is 9.47 Å². The van der Waals surface area contributed by atoms with Crippen LogP contribution in [0.3, 0.4) is 0 Å². The second-order valence-electron chi connectivity index (χ2n) is 12.8. The molecule has 0 spiro atoms. The monoisotopic (exact) mass is 798 g/mol. The van der Waals surface area contributed by atoms with Gasteiger partial charge in [0.15, 0.2) is 11.5 Å². The molecule has 0 aliphatic heterocycles. The van der Waals surface area contributed by atoms with Crippen molar-refractivity contribution >= 4 is 86.6 Å². The van der Waals surface area contributed by atoms with Gasteiger partial charge in [0.2, 0.25) is 0 Å². The lowest BCUT2D eigenvalue weighted by molar-refractivity contribution is -0.135. The van der Waals surface area contributed by atoms with Crippen LogP contribution in [0.2, 0.25) is 0 Å². The molecule has 1 aromatic carbocycles. The molecular weight excluding hydrogens is 744 g/mol. The average Bonchev–Trinajstić information content (AvgIpc) is 3.62. The smallest absolute Gasteiger partial charge is 0.311 e. The highest BCUT2D eigenvalue weighted by molar-refractivity contribution is 9.11. The molecule has 3 aromatic rings. The third kappa shape index (κ3) is 14.3. The Morgan fingerprint density at radius 1 is 0.500 bits per heavy atom. The summed E-state index contributed by atoms with van der Waals surface area (Å²) >= 11 is 10.2. The van der Waals surface area contributed by atoms with Crippen molar-refractivity contribution in [1.29, 1.82) is 0 Å². The first-order valence-corrected chi connectivity index (χ1v) is 21.4. The van der Waals surface area contributed by atoms with Crippen molar-refractivity contribution in [2.45, 2.75) is 168 Å². The molecule has 0 atom stereocenters. The van der Waals surface area contributed by atoms with Crippen LogP contribution in [0.4, 0.5) is 0 Å². The van der Waals surface area contributed by atoms with Crippen molar-refractivity contribution in [3.63, 3.8) is 0 Å². The van der Waals surface area contributed by atoms with Crippen LogP contribution in [0.1, 0.15) is 168 Å². The minimum absolute atomic E-state index is 0.202. The van der Waals surface area contributed by atoms with Gasteiger partial charge in [-0.15, -0.1) is 22.7 Å². The maximum atomic E-state index is 13.0. The van der Waals surface area contributed by atoms with Gasteiger partial charge in [0, 0.05) is 23.6 Å². The fourth-order valence-electron chi connectivity index (χ4n) is 6.04. The van der Waals surface area contributed by atoms with Gasteiger partial charge in [0.1, 0.15) is 0 Å². The summed E-state index contributed by atoms with van der Waals surface area (Å²) in [7, 11) is 0. The third-order valence-electron chi connectivity index (χ3n) is 8.71. The van der Waals surface area contributed by atoms with Gasteiger partial charge in [-0.25, -0.2) is 0 Å². The largest absolute Gasteiger partial charge is 0.424 e. The molecule has 0 unspecified atom stereocenters. The first-order valence-electron chi connectivity index (χ1n) is 18.2. The number of rotatable bonds is 26. The predicted molar refractivity (Wildman–Crippen MR) is 206 cm³/mol. The zero-order valence-electron chi connectivity index (χ0n) is 28.3. The Morgan fingerprint density at radius 3 is 1.09 bits per heavy atom. The maximum absolute atomic E-state index is 13.0. The predicted octanol–water partition coefficient (Wildman–Crippen LogP) is 14.9. The molecule has 3 rings (SSSR count). The topological polar surface area (TPSA) is 52.6 Å². The molecule has 0 radical (unpaired) electrons. The number of hydrogen-bond acceptors (Lipinski definition) is 6. The van der Waals surface area contributed by atoms with Crippen molar-refractivity contribution in [3.8, 4) is 11.5 Å². The van der Waals surface area contributed by atoms with Crippen molar-refractivity contribution in [2.24, 2.45) is 0 Å². The van der Waals surface area contributed by atoms with Crippen LogP contribution >= 0.6 is 54.5 Å². The third-order valence-corrected chi connectivity index (χ3v) is 12.0. The van der Waals surface area contributed by atoms with E-state index in [1.165, 1.54) is 138 Å². The highest BCUT2D eigenvalue weighted by Gasteiger charge is 2.24. The fraction of sp³-hybridized carbons (Fsp3) is 0.684. The second-order valence-corrected chi connectivity index (χ2v) is 17.6. The number of esters is 2. The number of hydrogen-bond donors (Lipinski definition) is 0. The number of thiophene rings is 2. The van der Waals surface area contributed by atoms with Crippen LogP contribution in [0.25, 0.3) is 20.2 Å². The van der Waals surface area contributed by atoms with Crippen LogP contribution in [-0.4, -0.2) is 11.9 Å². The van der Waals surface area contributed by atoms with E-state index in [1.54, 1.807) is 0 Å². The van der Waals surface area contributed by atoms with Gasteiger partial charge in [-0.1, -0.05) is 142 Å². The standard InChI is InChI=1S/C38H56Br2O4S2/c1-3-5-7-9-11-13-15-17-19-21-23-25-33(41)43-35-29-27-31(39)46-38(29)36(30-28-32(40)45-37(30)35)44-34(42)26-24-22-20-18-16-14-12-10-8-6-4-2/h27-28H,3-26H2,1-2H3. The van der Waals surface area contributed by atoms with Gasteiger partial charge < -0.3 is 9.47 Å². The number of halogens is 2. The molecule has 0 aliphatic rings. The molecule has 258 valence electrons. The molecule has 8 heteroatoms. The summed E-state index contributed by atoms with van der Waals surface area (Å²) in [5, 5.41) is 1.62. The highest BCUT2D eigenvalue weighted by Crippen LogP contribution is 2.51. The molecule has 0 saturated carbocycles. The molecule has 46 heavy (non-hydrogen) atoms. The van der Waals surface area contributed by atoms with Crippen LogP contribution in [-0.2, 0) is 9.59 Å². The van der Waals surface area contributed by atoms with E-state index in [0.29, 0.717) is 24.3 Å². The number of fused-ring (bicyclic) bond motifs is 2. The van der Waals surface area contributed by atoms with Gasteiger partial charge in [-0.05, 0) is 56.8 Å². The maximum Gasteiger partial charge on any atom is 0.311 e. The number of ether oxygens (including phenoxy) is 2. The van der Waals surface area contributed by atoms with Gasteiger partial charge in [0.05, 0.1) is 17.0 Å². The van der Waals surface area contributed by atoms with Crippen molar-refractivity contribution < 1.29 is 19.1 Å². The Kier molecular flexibility index (Phi) is 20.1. The summed E-state index contributed by atoms with van der Waals surface area (Å²) in [6.45, 7) is 4.52. The minimum Gasteiger partial charge on any atom is -0.424 e. The normalized spacial score (nSPS) is 11.6. The van der Waals surface area contributed by atoms with E-state index in [2.05, 4.69) is 45.7 Å². The van der Waals surface area contributed by atoms with Crippen molar-refractivity contribution in [1.82, 2.24) is 0 Å².